The predicted molar refractivity (Wildman–Crippen MR) is 81.6 cm³/mol. The van der Waals surface area contributed by atoms with Gasteiger partial charge in [0.2, 0.25) is 5.75 Å². The Kier molecular flexibility index (Phi) is 4.80. The third kappa shape index (κ3) is 3.51. The predicted octanol–water partition coefficient (Wildman–Crippen LogP) is 5.34. The maximum atomic E-state index is 13.6. The molecule has 110 valence electrons. The summed E-state index contributed by atoms with van der Waals surface area (Å²) in [5.74, 6) is -0.0180. The number of rotatable bonds is 4. The Balaban J connectivity index is 2.43. The zero-order valence-corrected chi connectivity index (χ0v) is 13.2. The number of ether oxygens (including phenoxy) is 1. The van der Waals surface area contributed by atoms with Crippen molar-refractivity contribution in [3.63, 3.8) is 0 Å². The van der Waals surface area contributed by atoms with Crippen molar-refractivity contribution in [2.45, 2.75) is 12.8 Å². The second-order valence-electron chi connectivity index (χ2n) is 4.33. The molecule has 0 aromatic heterocycles. The van der Waals surface area contributed by atoms with E-state index in [1.807, 2.05) is 6.07 Å². The molecule has 0 radical (unpaired) electrons. The van der Waals surface area contributed by atoms with Crippen LogP contribution < -0.4 is 4.74 Å². The first-order chi connectivity index (χ1) is 9.92. The third-order valence-electron chi connectivity index (χ3n) is 2.81. The Morgan fingerprint density at radius 3 is 2.62 bits per heavy atom. The SMILES string of the molecule is Cc1cc(CCl)ccc1Oc1cc(F)c(Br)cc1[N+](=O)[O-]. The highest BCUT2D eigenvalue weighted by atomic mass is 79.9. The van der Waals surface area contributed by atoms with Crippen LogP contribution in [0.25, 0.3) is 0 Å². The first-order valence-electron chi connectivity index (χ1n) is 5.89. The average molecular weight is 375 g/mol. The van der Waals surface area contributed by atoms with Crippen LogP contribution in [0.2, 0.25) is 0 Å². The van der Waals surface area contributed by atoms with Gasteiger partial charge in [0.1, 0.15) is 11.6 Å². The second kappa shape index (κ2) is 6.41. The van der Waals surface area contributed by atoms with Gasteiger partial charge in [0, 0.05) is 18.0 Å². The van der Waals surface area contributed by atoms with Crippen LogP contribution in [0.5, 0.6) is 11.5 Å². The molecule has 0 unspecified atom stereocenters. The fourth-order valence-electron chi connectivity index (χ4n) is 1.77. The van der Waals surface area contributed by atoms with Crippen molar-refractivity contribution < 1.29 is 14.1 Å². The van der Waals surface area contributed by atoms with Crippen LogP contribution in [0.3, 0.4) is 0 Å². The summed E-state index contributed by atoms with van der Waals surface area (Å²) in [5.41, 5.74) is 1.34. The van der Waals surface area contributed by atoms with Gasteiger partial charge in [-0.25, -0.2) is 4.39 Å². The molecule has 0 saturated heterocycles. The first-order valence-corrected chi connectivity index (χ1v) is 7.22. The molecule has 21 heavy (non-hydrogen) atoms. The van der Waals surface area contributed by atoms with Gasteiger partial charge >= 0.3 is 5.69 Å². The minimum absolute atomic E-state index is 0.00996. The van der Waals surface area contributed by atoms with Gasteiger partial charge in [0.15, 0.2) is 0 Å². The van der Waals surface area contributed by atoms with Gasteiger partial charge in [0.25, 0.3) is 0 Å². The molecule has 2 aromatic rings. The number of nitro benzene ring substituents is 1. The molecule has 0 fully saturated rings. The van der Waals surface area contributed by atoms with Crippen LogP contribution in [0.15, 0.2) is 34.8 Å². The molecule has 0 aliphatic carbocycles. The van der Waals surface area contributed by atoms with Crippen LogP contribution >= 0.6 is 27.5 Å². The molecule has 0 aliphatic rings. The van der Waals surface area contributed by atoms with Crippen LogP contribution in [-0.4, -0.2) is 4.92 Å². The van der Waals surface area contributed by atoms with Crippen molar-refractivity contribution in [1.29, 1.82) is 0 Å². The van der Waals surface area contributed by atoms with Crippen LogP contribution in [0.4, 0.5) is 10.1 Å². The summed E-state index contributed by atoms with van der Waals surface area (Å²) in [5, 5.41) is 11.0. The summed E-state index contributed by atoms with van der Waals surface area (Å²) < 4.78 is 19.1. The molecule has 2 rings (SSSR count). The van der Waals surface area contributed by atoms with E-state index >= 15 is 0 Å². The highest BCUT2D eigenvalue weighted by molar-refractivity contribution is 9.10. The number of alkyl halides is 1. The summed E-state index contributed by atoms with van der Waals surface area (Å²) in [7, 11) is 0. The van der Waals surface area contributed by atoms with Crippen molar-refractivity contribution in [3.05, 3.63) is 61.9 Å². The van der Waals surface area contributed by atoms with Crippen molar-refractivity contribution in [2.75, 3.05) is 0 Å². The van der Waals surface area contributed by atoms with Crippen molar-refractivity contribution in [3.8, 4) is 11.5 Å². The van der Waals surface area contributed by atoms with Gasteiger partial charge in [-0.2, -0.15) is 0 Å². The maximum Gasteiger partial charge on any atom is 0.312 e. The molecule has 0 saturated carbocycles. The number of halogens is 3. The van der Waals surface area contributed by atoms with E-state index in [0.29, 0.717) is 11.6 Å². The smallest absolute Gasteiger partial charge is 0.312 e. The monoisotopic (exact) mass is 373 g/mol. The summed E-state index contributed by atoms with van der Waals surface area (Å²) >= 11 is 8.65. The highest BCUT2D eigenvalue weighted by Crippen LogP contribution is 2.36. The Hall–Kier alpha value is -1.66. The van der Waals surface area contributed by atoms with Gasteiger partial charge < -0.3 is 4.74 Å². The first kappa shape index (κ1) is 15.7. The Morgan fingerprint density at radius 1 is 1.33 bits per heavy atom. The molecule has 4 nitrogen and oxygen atoms in total. The fraction of sp³-hybridized carbons (Fsp3) is 0.143. The molecule has 0 spiro atoms. The molecule has 0 heterocycles. The number of aryl methyl sites for hydroxylation is 1. The summed E-state index contributed by atoms with van der Waals surface area (Å²) in [4.78, 5) is 10.4. The largest absolute Gasteiger partial charge is 0.450 e. The lowest BCUT2D eigenvalue weighted by atomic mass is 10.1. The standard InChI is InChI=1S/C14H10BrClFNO3/c1-8-4-9(7-16)2-3-13(8)21-14-6-11(17)10(15)5-12(14)18(19)20/h2-6H,7H2,1H3. The maximum absolute atomic E-state index is 13.6. The molecule has 2 aromatic carbocycles. The number of nitrogens with zero attached hydrogens (tertiary/aromatic N) is 1. The van der Waals surface area contributed by atoms with Crippen LogP contribution in [0.1, 0.15) is 11.1 Å². The van der Waals surface area contributed by atoms with Gasteiger partial charge in [-0.05, 0) is 40.0 Å². The van der Waals surface area contributed by atoms with Gasteiger partial charge in [-0.3, -0.25) is 10.1 Å². The van der Waals surface area contributed by atoms with Gasteiger partial charge in [-0.1, -0.05) is 12.1 Å². The normalized spacial score (nSPS) is 10.5. The minimum atomic E-state index is -0.634. The van der Waals surface area contributed by atoms with Crippen molar-refractivity contribution in [2.24, 2.45) is 0 Å². The molecule has 7 heteroatoms. The van der Waals surface area contributed by atoms with Gasteiger partial charge in [0.05, 0.1) is 9.40 Å². The van der Waals surface area contributed by atoms with E-state index in [1.165, 1.54) is 0 Å². The van der Waals surface area contributed by atoms with E-state index in [0.717, 1.165) is 23.3 Å². The summed E-state index contributed by atoms with van der Waals surface area (Å²) in [6, 6.07) is 7.26. The quantitative estimate of drug-likeness (QED) is 0.412. The molecular formula is C14H10BrClFNO3. The molecule has 0 amide bonds. The topological polar surface area (TPSA) is 52.4 Å². The lowest BCUT2D eigenvalue weighted by Crippen LogP contribution is -1.96. The molecular weight excluding hydrogens is 365 g/mol. The summed E-state index contributed by atoms with van der Waals surface area (Å²) in [6.07, 6.45) is 0. The number of benzene rings is 2. The van der Waals surface area contributed by atoms with E-state index in [9.17, 15) is 14.5 Å². The Bertz CT molecular complexity index is 709. The average Bonchev–Trinajstić information content (AvgIpc) is 2.44. The number of nitro groups is 1. The molecule has 0 bridgehead atoms. The van der Waals surface area contributed by atoms with Crippen LogP contribution in [0, 0.1) is 22.9 Å². The molecule has 0 N–H and O–H groups in total. The number of hydrogen-bond donors (Lipinski definition) is 0. The van der Waals surface area contributed by atoms with E-state index in [2.05, 4.69) is 15.9 Å². The van der Waals surface area contributed by atoms with Gasteiger partial charge in [-0.15, -0.1) is 11.6 Å². The fourth-order valence-corrected chi connectivity index (χ4v) is 2.27. The van der Waals surface area contributed by atoms with Crippen LogP contribution in [-0.2, 0) is 5.88 Å². The lowest BCUT2D eigenvalue weighted by Gasteiger charge is -2.10. The second-order valence-corrected chi connectivity index (χ2v) is 5.45. The zero-order valence-electron chi connectivity index (χ0n) is 10.9. The molecule has 0 atom stereocenters. The minimum Gasteiger partial charge on any atom is -0.450 e. The Morgan fingerprint density at radius 2 is 2.05 bits per heavy atom. The van der Waals surface area contributed by atoms with E-state index < -0.39 is 10.7 Å². The zero-order chi connectivity index (χ0) is 15.6. The highest BCUT2D eigenvalue weighted by Gasteiger charge is 2.20. The van der Waals surface area contributed by atoms with E-state index in [-0.39, 0.29) is 15.9 Å². The van der Waals surface area contributed by atoms with E-state index in [1.54, 1.807) is 19.1 Å². The lowest BCUT2D eigenvalue weighted by molar-refractivity contribution is -0.385. The summed E-state index contributed by atoms with van der Waals surface area (Å²) in [6.45, 7) is 1.78. The van der Waals surface area contributed by atoms with Crippen molar-refractivity contribution >= 4 is 33.2 Å². The Labute approximate surface area is 133 Å². The third-order valence-corrected chi connectivity index (χ3v) is 3.73. The molecule has 0 aliphatic heterocycles. The number of hydrogen-bond acceptors (Lipinski definition) is 3. The van der Waals surface area contributed by atoms with E-state index in [4.69, 9.17) is 16.3 Å². The van der Waals surface area contributed by atoms with Crippen molar-refractivity contribution in [1.82, 2.24) is 0 Å².